The molecule has 10 nitrogen and oxygen atoms in total. The van der Waals surface area contributed by atoms with Crippen LogP contribution in [-0.2, 0) is 19.2 Å². The largest absolute Gasteiger partial charge is 0.480 e. The van der Waals surface area contributed by atoms with Crippen LogP contribution < -0.4 is 5.32 Å². The van der Waals surface area contributed by atoms with Crippen LogP contribution in [0.15, 0.2) is 0 Å². The Labute approximate surface area is 170 Å². The van der Waals surface area contributed by atoms with Gasteiger partial charge in [-0.25, -0.2) is 0 Å². The van der Waals surface area contributed by atoms with Crippen molar-refractivity contribution in [1.29, 1.82) is 0 Å². The fraction of sp³-hybridized carbons (Fsp3) is 0.789. The minimum absolute atomic E-state index is 0.125. The first-order chi connectivity index (χ1) is 13.6. The van der Waals surface area contributed by atoms with Crippen molar-refractivity contribution in [3.8, 4) is 0 Å². The van der Waals surface area contributed by atoms with E-state index in [9.17, 15) is 34.5 Å². The highest BCUT2D eigenvalue weighted by molar-refractivity contribution is 5.79. The van der Waals surface area contributed by atoms with E-state index in [1.54, 1.807) is 0 Å². The number of carbonyl (C=O) groups excluding carboxylic acids is 1. The Kier molecular flexibility index (Phi) is 10.6. The van der Waals surface area contributed by atoms with Gasteiger partial charge in [-0.2, -0.15) is 0 Å². The maximum Gasteiger partial charge on any atom is 0.317 e. The van der Waals surface area contributed by atoms with Gasteiger partial charge in [0.2, 0.25) is 5.91 Å². The lowest BCUT2D eigenvalue weighted by molar-refractivity contribution is -0.147. The van der Waals surface area contributed by atoms with Crippen molar-refractivity contribution in [2.75, 3.05) is 32.7 Å². The Bertz CT molecular complexity index is 566. The molecule has 166 valence electrons. The van der Waals surface area contributed by atoms with Crippen molar-refractivity contribution in [2.45, 2.75) is 58.0 Å². The molecule has 1 amide bonds. The van der Waals surface area contributed by atoms with E-state index in [0.29, 0.717) is 25.3 Å². The normalized spacial score (nSPS) is 19.5. The molecule has 10 heteroatoms. The van der Waals surface area contributed by atoms with E-state index in [0.717, 1.165) is 19.3 Å². The minimum atomic E-state index is -1.15. The molecule has 0 heterocycles. The van der Waals surface area contributed by atoms with Gasteiger partial charge in [0, 0.05) is 18.6 Å². The zero-order valence-corrected chi connectivity index (χ0v) is 17.2. The van der Waals surface area contributed by atoms with Gasteiger partial charge in [-0.1, -0.05) is 26.7 Å². The molecule has 0 spiro atoms. The molecule has 2 unspecified atom stereocenters. The molecule has 0 bridgehead atoms. The maximum atomic E-state index is 12.3. The molecule has 1 aliphatic carbocycles. The second kappa shape index (κ2) is 12.4. The fourth-order valence-electron chi connectivity index (χ4n) is 3.79. The molecule has 29 heavy (non-hydrogen) atoms. The predicted octanol–water partition coefficient (Wildman–Crippen LogP) is 0.318. The Balaban J connectivity index is 2.96. The smallest absolute Gasteiger partial charge is 0.317 e. The van der Waals surface area contributed by atoms with Crippen LogP contribution in [0.3, 0.4) is 0 Å². The summed E-state index contributed by atoms with van der Waals surface area (Å²) in [6, 6.07) is -0.854. The number of carbonyl (C=O) groups is 4. The van der Waals surface area contributed by atoms with Gasteiger partial charge in [-0.3, -0.25) is 29.0 Å². The number of aliphatic carboxylic acids is 3. The van der Waals surface area contributed by atoms with E-state index in [4.69, 9.17) is 0 Å². The second-order valence-electron chi connectivity index (χ2n) is 7.94. The molecule has 1 aliphatic rings. The molecule has 1 saturated carbocycles. The Morgan fingerprint density at radius 3 is 1.62 bits per heavy atom. The van der Waals surface area contributed by atoms with Crippen molar-refractivity contribution in [2.24, 2.45) is 5.92 Å². The van der Waals surface area contributed by atoms with Gasteiger partial charge in [-0.05, 0) is 25.2 Å². The molecule has 0 saturated heterocycles. The minimum Gasteiger partial charge on any atom is -0.480 e. The molecule has 0 aliphatic heterocycles. The number of carboxylic acids is 3. The second-order valence-corrected chi connectivity index (χ2v) is 7.94. The van der Waals surface area contributed by atoms with Crippen molar-refractivity contribution >= 4 is 23.8 Å². The Morgan fingerprint density at radius 2 is 1.24 bits per heavy atom. The molecule has 1 rings (SSSR count). The topological polar surface area (TPSA) is 147 Å². The lowest BCUT2D eigenvalue weighted by Gasteiger charge is -2.43. The molecule has 0 aromatic rings. The molecule has 0 aromatic heterocycles. The van der Waals surface area contributed by atoms with E-state index in [2.05, 4.69) is 5.32 Å². The molecule has 1 fully saturated rings. The number of carboxylic acid groups (broad SMARTS) is 3. The quantitative estimate of drug-likeness (QED) is 0.334. The van der Waals surface area contributed by atoms with Crippen molar-refractivity contribution in [3.63, 3.8) is 0 Å². The summed E-state index contributed by atoms with van der Waals surface area (Å²) < 4.78 is 0. The van der Waals surface area contributed by atoms with Crippen LogP contribution in [-0.4, -0.2) is 93.7 Å². The fourth-order valence-corrected chi connectivity index (χ4v) is 3.79. The van der Waals surface area contributed by atoms with Gasteiger partial charge < -0.3 is 20.6 Å². The molecule has 0 aromatic carbocycles. The van der Waals surface area contributed by atoms with E-state index >= 15 is 0 Å². The zero-order chi connectivity index (χ0) is 22.0. The first kappa shape index (κ1) is 24.8. The lowest BCUT2D eigenvalue weighted by Crippen LogP contribution is -2.58. The highest BCUT2D eigenvalue weighted by atomic mass is 16.4. The van der Waals surface area contributed by atoms with E-state index in [1.165, 1.54) is 9.80 Å². The average Bonchev–Trinajstić information content (AvgIpc) is 2.59. The lowest BCUT2D eigenvalue weighted by atomic mass is 9.87. The number of nitrogens with one attached hydrogen (secondary N) is 1. The van der Waals surface area contributed by atoms with Crippen LogP contribution in [0.5, 0.6) is 0 Å². The monoisotopic (exact) mass is 415 g/mol. The SMILES string of the molecule is CC(C)CCNC(=O)CN(CC(=O)O)C1CCCCC1N(CC(=O)O)CC(=O)O. The average molecular weight is 415 g/mol. The van der Waals surface area contributed by atoms with Crippen LogP contribution in [0.2, 0.25) is 0 Å². The van der Waals surface area contributed by atoms with Crippen LogP contribution in [0, 0.1) is 5.92 Å². The molecule has 4 N–H and O–H groups in total. The number of hydrogen-bond acceptors (Lipinski definition) is 6. The highest BCUT2D eigenvalue weighted by Gasteiger charge is 2.37. The van der Waals surface area contributed by atoms with Crippen LogP contribution in [0.4, 0.5) is 0 Å². The summed E-state index contributed by atoms with van der Waals surface area (Å²) in [4.78, 5) is 49.1. The number of nitrogens with zero attached hydrogens (tertiary/aromatic N) is 2. The number of amides is 1. The highest BCUT2D eigenvalue weighted by Crippen LogP contribution is 2.27. The van der Waals surface area contributed by atoms with Gasteiger partial charge in [0.1, 0.15) is 0 Å². The van der Waals surface area contributed by atoms with E-state index in [1.807, 2.05) is 13.8 Å². The molecule has 0 radical (unpaired) electrons. The van der Waals surface area contributed by atoms with Crippen LogP contribution in [0.25, 0.3) is 0 Å². The summed E-state index contributed by atoms with van der Waals surface area (Å²) in [6.07, 6.45) is 3.53. The maximum absolute atomic E-state index is 12.3. The summed E-state index contributed by atoms with van der Waals surface area (Å²) in [7, 11) is 0. The van der Waals surface area contributed by atoms with Crippen molar-refractivity contribution < 1.29 is 34.5 Å². The first-order valence-electron chi connectivity index (χ1n) is 10.00. The first-order valence-corrected chi connectivity index (χ1v) is 10.00. The summed E-state index contributed by atoms with van der Waals surface area (Å²) >= 11 is 0. The standard InChI is InChI=1S/C19H33N3O7/c1-13(2)7-8-20-16(23)9-21(10-17(24)25)14-5-3-4-6-15(14)22(11-18(26)27)12-19(28)29/h13-15H,3-12H2,1-2H3,(H,20,23)(H,24,25)(H,26,27)(H,28,29). The van der Waals surface area contributed by atoms with Crippen LogP contribution >= 0.6 is 0 Å². The van der Waals surface area contributed by atoms with Crippen molar-refractivity contribution in [1.82, 2.24) is 15.1 Å². The summed E-state index contributed by atoms with van der Waals surface area (Å²) in [5, 5.41) is 30.5. The van der Waals surface area contributed by atoms with Gasteiger partial charge >= 0.3 is 17.9 Å². The predicted molar refractivity (Wildman–Crippen MR) is 105 cm³/mol. The van der Waals surface area contributed by atoms with Gasteiger partial charge in [0.05, 0.1) is 26.2 Å². The van der Waals surface area contributed by atoms with Gasteiger partial charge in [-0.15, -0.1) is 0 Å². The van der Waals surface area contributed by atoms with E-state index < -0.39 is 43.1 Å². The molecule has 2 atom stereocenters. The van der Waals surface area contributed by atoms with Gasteiger partial charge in [0.15, 0.2) is 0 Å². The number of hydrogen-bond donors (Lipinski definition) is 4. The summed E-state index contributed by atoms with van der Waals surface area (Å²) in [5.41, 5.74) is 0. The van der Waals surface area contributed by atoms with E-state index in [-0.39, 0.29) is 19.0 Å². The molecular formula is C19H33N3O7. The molecular weight excluding hydrogens is 382 g/mol. The third-order valence-corrected chi connectivity index (χ3v) is 5.04. The Morgan fingerprint density at radius 1 is 0.828 bits per heavy atom. The third-order valence-electron chi connectivity index (χ3n) is 5.04. The van der Waals surface area contributed by atoms with Crippen molar-refractivity contribution in [3.05, 3.63) is 0 Å². The number of rotatable bonds is 13. The summed E-state index contributed by atoms with van der Waals surface area (Å²) in [5.74, 6) is -3.25. The third kappa shape index (κ3) is 9.71. The van der Waals surface area contributed by atoms with Crippen LogP contribution in [0.1, 0.15) is 46.0 Å². The Hall–Kier alpha value is -2.20. The summed E-state index contributed by atoms with van der Waals surface area (Å²) in [6.45, 7) is 3.18. The zero-order valence-electron chi connectivity index (χ0n) is 17.2. The van der Waals surface area contributed by atoms with Gasteiger partial charge in [0.25, 0.3) is 0 Å².